The van der Waals surface area contributed by atoms with E-state index >= 15 is 0 Å². The lowest BCUT2D eigenvalue weighted by molar-refractivity contribution is -0.165. The predicted molar refractivity (Wildman–Crippen MR) is 52.7 cm³/mol. The molecule has 0 aromatic carbocycles. The Labute approximate surface area is 89.2 Å². The summed E-state index contributed by atoms with van der Waals surface area (Å²) < 4.78 is 4.55. The van der Waals surface area contributed by atoms with Crippen LogP contribution in [-0.2, 0) is 14.3 Å². The molecule has 0 radical (unpaired) electrons. The van der Waals surface area contributed by atoms with Crippen LogP contribution in [-0.4, -0.2) is 12.4 Å². The summed E-state index contributed by atoms with van der Waals surface area (Å²) in [5, 5.41) is 0. The zero-order valence-corrected chi connectivity index (χ0v) is 8.72. The van der Waals surface area contributed by atoms with Gasteiger partial charge in [0.05, 0.1) is 5.92 Å². The van der Waals surface area contributed by atoms with Crippen LogP contribution in [0.4, 0.5) is 0 Å². The number of rotatable bonds is 2. The highest BCUT2D eigenvalue weighted by Gasteiger charge is 2.51. The predicted octanol–water partition coefficient (Wildman–Crippen LogP) is 1.76. The SMILES string of the molecule is O=COC(=O)C1C2CC3CC(C2)CC1C3. The molecule has 0 N–H and O–H groups in total. The van der Waals surface area contributed by atoms with Gasteiger partial charge in [0.25, 0.3) is 0 Å². The minimum atomic E-state index is -0.265. The monoisotopic (exact) mass is 208 g/mol. The van der Waals surface area contributed by atoms with Gasteiger partial charge in [-0.15, -0.1) is 0 Å². The fourth-order valence-electron chi connectivity index (χ4n) is 4.44. The summed E-state index contributed by atoms with van der Waals surface area (Å²) in [7, 11) is 0. The number of carbonyl (C=O) groups excluding carboxylic acids is 2. The van der Waals surface area contributed by atoms with E-state index in [1.807, 2.05) is 0 Å². The molecular weight excluding hydrogens is 192 g/mol. The van der Waals surface area contributed by atoms with E-state index in [0.29, 0.717) is 11.8 Å². The summed E-state index contributed by atoms with van der Waals surface area (Å²) >= 11 is 0. The maximum absolute atomic E-state index is 11.7. The van der Waals surface area contributed by atoms with Crippen molar-refractivity contribution in [2.24, 2.45) is 29.6 Å². The van der Waals surface area contributed by atoms with Crippen molar-refractivity contribution in [2.45, 2.75) is 32.1 Å². The molecular formula is C12H16O3. The van der Waals surface area contributed by atoms with Crippen molar-refractivity contribution >= 4 is 12.4 Å². The van der Waals surface area contributed by atoms with Crippen molar-refractivity contribution < 1.29 is 14.3 Å². The third-order valence-corrected chi connectivity index (χ3v) is 4.66. The molecule has 15 heavy (non-hydrogen) atoms. The van der Waals surface area contributed by atoms with E-state index in [4.69, 9.17) is 0 Å². The molecule has 0 heterocycles. The molecule has 4 aliphatic rings. The number of hydrogen-bond acceptors (Lipinski definition) is 3. The van der Waals surface area contributed by atoms with Crippen LogP contribution in [0.5, 0.6) is 0 Å². The highest BCUT2D eigenvalue weighted by Crippen LogP contribution is 2.56. The molecule has 3 nitrogen and oxygen atoms in total. The second-order valence-electron chi connectivity index (χ2n) is 5.49. The van der Waals surface area contributed by atoms with Crippen LogP contribution in [0.3, 0.4) is 0 Å². The first-order chi connectivity index (χ1) is 7.28. The first kappa shape index (κ1) is 9.37. The molecule has 0 aromatic rings. The third kappa shape index (κ3) is 1.40. The van der Waals surface area contributed by atoms with Gasteiger partial charge in [-0.25, -0.2) is 0 Å². The molecule has 0 spiro atoms. The van der Waals surface area contributed by atoms with Gasteiger partial charge in [0.2, 0.25) is 0 Å². The van der Waals surface area contributed by atoms with Crippen molar-refractivity contribution in [1.82, 2.24) is 0 Å². The molecule has 0 saturated heterocycles. The summed E-state index contributed by atoms with van der Waals surface area (Å²) in [6, 6.07) is 0. The van der Waals surface area contributed by atoms with Crippen LogP contribution in [0, 0.1) is 29.6 Å². The van der Waals surface area contributed by atoms with Gasteiger partial charge in [-0.3, -0.25) is 9.59 Å². The zero-order chi connectivity index (χ0) is 10.4. The Bertz CT molecular complexity index is 269. The largest absolute Gasteiger partial charge is 0.395 e. The Balaban J connectivity index is 1.79. The standard InChI is InChI=1S/C12H16O3/c13-6-15-12(14)11-9-2-7-1-8(4-9)5-10(11)3-7/h6-11H,1-5H2. The molecule has 82 valence electrons. The number of ether oxygens (including phenoxy) is 1. The Kier molecular flexibility index (Phi) is 2.08. The van der Waals surface area contributed by atoms with Crippen LogP contribution in [0.25, 0.3) is 0 Å². The lowest BCUT2D eigenvalue weighted by atomic mass is 9.52. The van der Waals surface area contributed by atoms with Crippen molar-refractivity contribution in [3.8, 4) is 0 Å². The van der Waals surface area contributed by atoms with E-state index in [2.05, 4.69) is 4.74 Å². The van der Waals surface area contributed by atoms with Crippen LogP contribution < -0.4 is 0 Å². The average Bonchev–Trinajstić information content (AvgIpc) is 2.15. The second-order valence-corrected chi connectivity index (χ2v) is 5.49. The van der Waals surface area contributed by atoms with Gasteiger partial charge in [-0.2, -0.15) is 0 Å². The molecule has 4 bridgehead atoms. The summed E-state index contributed by atoms with van der Waals surface area (Å²) in [4.78, 5) is 21.9. The number of carbonyl (C=O) groups is 2. The minimum Gasteiger partial charge on any atom is -0.395 e. The molecule has 4 rings (SSSR count). The number of hydrogen-bond donors (Lipinski definition) is 0. The van der Waals surface area contributed by atoms with E-state index in [9.17, 15) is 9.59 Å². The Morgan fingerprint density at radius 3 is 2.00 bits per heavy atom. The normalized spacial score (nSPS) is 46.5. The fourth-order valence-corrected chi connectivity index (χ4v) is 4.44. The van der Waals surface area contributed by atoms with E-state index in [-0.39, 0.29) is 18.4 Å². The Hall–Kier alpha value is -0.860. The quantitative estimate of drug-likeness (QED) is 0.394. The van der Waals surface area contributed by atoms with E-state index in [0.717, 1.165) is 11.8 Å². The van der Waals surface area contributed by atoms with Crippen molar-refractivity contribution in [2.75, 3.05) is 0 Å². The van der Waals surface area contributed by atoms with Gasteiger partial charge < -0.3 is 4.74 Å². The smallest absolute Gasteiger partial charge is 0.316 e. The molecule has 4 fully saturated rings. The third-order valence-electron chi connectivity index (χ3n) is 4.66. The average molecular weight is 208 g/mol. The Morgan fingerprint density at radius 2 is 1.53 bits per heavy atom. The molecule has 0 aromatic heterocycles. The molecule has 0 amide bonds. The van der Waals surface area contributed by atoms with Gasteiger partial charge in [0.1, 0.15) is 0 Å². The van der Waals surface area contributed by atoms with Gasteiger partial charge in [-0.1, -0.05) is 0 Å². The lowest BCUT2D eigenvalue weighted by Crippen LogP contribution is -2.48. The highest BCUT2D eigenvalue weighted by molar-refractivity contribution is 5.79. The molecule has 0 unspecified atom stereocenters. The van der Waals surface area contributed by atoms with Crippen molar-refractivity contribution in [3.63, 3.8) is 0 Å². The topological polar surface area (TPSA) is 43.4 Å². The minimum absolute atomic E-state index is 0.0306. The second kappa shape index (κ2) is 3.32. The number of esters is 1. The lowest BCUT2D eigenvalue weighted by Gasteiger charge is -2.53. The van der Waals surface area contributed by atoms with E-state index in [1.165, 1.54) is 32.1 Å². The van der Waals surface area contributed by atoms with Gasteiger partial charge >= 0.3 is 12.4 Å². The van der Waals surface area contributed by atoms with Crippen LogP contribution in [0.1, 0.15) is 32.1 Å². The molecule has 4 aliphatic carbocycles. The summed E-state index contributed by atoms with van der Waals surface area (Å²) in [6.07, 6.45) is 6.12. The van der Waals surface area contributed by atoms with Crippen LogP contribution >= 0.6 is 0 Å². The van der Waals surface area contributed by atoms with Crippen LogP contribution in [0.15, 0.2) is 0 Å². The Morgan fingerprint density at radius 1 is 1.00 bits per heavy atom. The van der Waals surface area contributed by atoms with E-state index < -0.39 is 0 Å². The highest BCUT2D eigenvalue weighted by atomic mass is 16.6. The van der Waals surface area contributed by atoms with Gasteiger partial charge in [-0.05, 0) is 55.8 Å². The molecule has 0 atom stereocenters. The molecule has 3 heteroatoms. The van der Waals surface area contributed by atoms with Gasteiger partial charge in [0.15, 0.2) is 0 Å². The van der Waals surface area contributed by atoms with Crippen molar-refractivity contribution in [1.29, 1.82) is 0 Å². The molecule has 0 aliphatic heterocycles. The molecule has 4 saturated carbocycles. The maximum Gasteiger partial charge on any atom is 0.316 e. The van der Waals surface area contributed by atoms with Crippen LogP contribution in [0.2, 0.25) is 0 Å². The zero-order valence-electron chi connectivity index (χ0n) is 8.72. The first-order valence-electron chi connectivity index (χ1n) is 5.92. The van der Waals surface area contributed by atoms with E-state index in [1.54, 1.807) is 0 Å². The first-order valence-corrected chi connectivity index (χ1v) is 5.92. The fraction of sp³-hybridized carbons (Fsp3) is 0.833. The van der Waals surface area contributed by atoms with Crippen molar-refractivity contribution in [3.05, 3.63) is 0 Å². The maximum atomic E-state index is 11.7. The summed E-state index contributed by atoms with van der Waals surface area (Å²) in [6.45, 7) is 0.285. The van der Waals surface area contributed by atoms with Gasteiger partial charge in [0, 0.05) is 0 Å². The summed E-state index contributed by atoms with van der Waals surface area (Å²) in [5.41, 5.74) is 0. The summed E-state index contributed by atoms with van der Waals surface area (Å²) in [5.74, 6) is 2.49.